The average Bonchev–Trinajstić information content (AvgIpc) is 3.15. The SMILES string of the molecule is COc1ccc(NC(=O)[C@H]2[C@@H](C(=O)[O-])[C@H]3CC[C@@H]2O3)cc1OC. The minimum absolute atomic E-state index is 0.358. The van der Waals surface area contributed by atoms with E-state index in [1.54, 1.807) is 18.2 Å². The van der Waals surface area contributed by atoms with Gasteiger partial charge in [-0.2, -0.15) is 0 Å². The van der Waals surface area contributed by atoms with Crippen molar-refractivity contribution in [3.05, 3.63) is 18.2 Å². The van der Waals surface area contributed by atoms with Gasteiger partial charge in [-0.3, -0.25) is 4.79 Å². The molecule has 7 nitrogen and oxygen atoms in total. The van der Waals surface area contributed by atoms with Crippen LogP contribution < -0.4 is 19.9 Å². The normalized spacial score (nSPS) is 28.4. The summed E-state index contributed by atoms with van der Waals surface area (Å²) < 4.78 is 15.9. The maximum atomic E-state index is 12.5. The number of fused-ring (bicyclic) bond motifs is 2. The van der Waals surface area contributed by atoms with Crippen LogP contribution in [0, 0.1) is 11.8 Å². The predicted molar refractivity (Wildman–Crippen MR) is 78.1 cm³/mol. The molecule has 2 aliphatic heterocycles. The van der Waals surface area contributed by atoms with Gasteiger partial charge in [0.1, 0.15) is 0 Å². The van der Waals surface area contributed by atoms with Crippen molar-refractivity contribution < 1.29 is 28.9 Å². The highest BCUT2D eigenvalue weighted by molar-refractivity contribution is 5.96. The van der Waals surface area contributed by atoms with E-state index >= 15 is 0 Å². The number of amides is 1. The van der Waals surface area contributed by atoms with Crippen LogP contribution in [0.4, 0.5) is 5.69 Å². The number of carbonyl (C=O) groups excluding carboxylic acids is 2. The summed E-state index contributed by atoms with van der Waals surface area (Å²) in [6, 6.07) is 4.96. The summed E-state index contributed by atoms with van der Waals surface area (Å²) in [5.41, 5.74) is 0.507. The Morgan fingerprint density at radius 1 is 1.13 bits per heavy atom. The highest BCUT2D eigenvalue weighted by Crippen LogP contribution is 2.43. The molecule has 23 heavy (non-hydrogen) atoms. The number of benzene rings is 1. The van der Waals surface area contributed by atoms with Crippen LogP contribution in [0.2, 0.25) is 0 Å². The van der Waals surface area contributed by atoms with E-state index in [1.807, 2.05) is 0 Å². The molecular formula is C16H18NO6-. The Labute approximate surface area is 133 Å². The molecule has 1 aromatic carbocycles. The maximum absolute atomic E-state index is 12.5. The predicted octanol–water partition coefficient (Wildman–Crippen LogP) is 0.186. The van der Waals surface area contributed by atoms with Gasteiger partial charge in [0.2, 0.25) is 5.91 Å². The highest BCUT2D eigenvalue weighted by atomic mass is 16.5. The zero-order valence-electron chi connectivity index (χ0n) is 12.9. The molecule has 1 aromatic rings. The van der Waals surface area contributed by atoms with Crippen LogP contribution in [0.1, 0.15) is 12.8 Å². The third kappa shape index (κ3) is 2.72. The topological polar surface area (TPSA) is 96.9 Å². The number of ether oxygens (including phenoxy) is 3. The van der Waals surface area contributed by atoms with Gasteiger partial charge in [-0.1, -0.05) is 0 Å². The highest BCUT2D eigenvalue weighted by Gasteiger charge is 2.52. The van der Waals surface area contributed by atoms with Crippen LogP contribution in [0.3, 0.4) is 0 Å². The van der Waals surface area contributed by atoms with Gasteiger partial charge < -0.3 is 29.4 Å². The fraction of sp³-hybridized carbons (Fsp3) is 0.500. The van der Waals surface area contributed by atoms with Gasteiger partial charge >= 0.3 is 0 Å². The molecule has 3 rings (SSSR count). The van der Waals surface area contributed by atoms with Crippen LogP contribution in [0.15, 0.2) is 18.2 Å². The third-order valence-electron chi connectivity index (χ3n) is 4.50. The molecular weight excluding hydrogens is 302 g/mol. The number of aliphatic carboxylic acids is 1. The summed E-state index contributed by atoms with van der Waals surface area (Å²) >= 11 is 0. The Kier molecular flexibility index (Phi) is 4.12. The van der Waals surface area contributed by atoms with E-state index in [-0.39, 0.29) is 12.0 Å². The van der Waals surface area contributed by atoms with Crippen molar-refractivity contribution in [2.24, 2.45) is 11.8 Å². The number of hydrogen-bond acceptors (Lipinski definition) is 6. The Morgan fingerprint density at radius 2 is 1.78 bits per heavy atom. The van der Waals surface area contributed by atoms with Gasteiger partial charge in [-0.25, -0.2) is 0 Å². The zero-order chi connectivity index (χ0) is 16.6. The molecule has 124 valence electrons. The fourth-order valence-corrected chi connectivity index (χ4v) is 3.45. The maximum Gasteiger partial charge on any atom is 0.230 e. The molecule has 0 radical (unpaired) electrons. The monoisotopic (exact) mass is 320 g/mol. The van der Waals surface area contributed by atoms with Gasteiger partial charge in [0.05, 0.1) is 32.3 Å². The second kappa shape index (κ2) is 6.08. The molecule has 2 heterocycles. The first kappa shape index (κ1) is 15.6. The first-order chi connectivity index (χ1) is 11.0. The smallest absolute Gasteiger partial charge is 0.230 e. The lowest BCUT2D eigenvalue weighted by Crippen LogP contribution is -2.46. The van der Waals surface area contributed by atoms with Crippen molar-refractivity contribution in [1.29, 1.82) is 0 Å². The lowest BCUT2D eigenvalue weighted by molar-refractivity contribution is -0.313. The molecule has 0 unspecified atom stereocenters. The van der Waals surface area contributed by atoms with E-state index in [0.717, 1.165) is 0 Å². The van der Waals surface area contributed by atoms with Crippen molar-refractivity contribution in [2.45, 2.75) is 25.0 Å². The molecule has 2 bridgehead atoms. The van der Waals surface area contributed by atoms with Crippen molar-refractivity contribution in [3.63, 3.8) is 0 Å². The molecule has 0 spiro atoms. The fourth-order valence-electron chi connectivity index (χ4n) is 3.45. The van der Waals surface area contributed by atoms with Crippen molar-refractivity contribution in [1.82, 2.24) is 0 Å². The van der Waals surface area contributed by atoms with Gasteiger partial charge in [0.15, 0.2) is 11.5 Å². The van der Waals surface area contributed by atoms with Crippen molar-refractivity contribution in [2.75, 3.05) is 19.5 Å². The van der Waals surface area contributed by atoms with E-state index in [1.165, 1.54) is 14.2 Å². The van der Waals surface area contributed by atoms with E-state index in [4.69, 9.17) is 14.2 Å². The summed E-state index contributed by atoms with van der Waals surface area (Å²) in [7, 11) is 3.02. The number of carboxylic acid groups (broad SMARTS) is 1. The number of hydrogen-bond donors (Lipinski definition) is 1. The second-order valence-corrected chi connectivity index (χ2v) is 5.72. The summed E-state index contributed by atoms with van der Waals surface area (Å²) in [5.74, 6) is -2.21. The number of anilines is 1. The molecule has 7 heteroatoms. The molecule has 2 saturated heterocycles. The van der Waals surface area contributed by atoms with E-state index < -0.39 is 23.9 Å². The summed E-state index contributed by atoms with van der Waals surface area (Å²) in [6.45, 7) is 0. The molecule has 0 aliphatic carbocycles. The number of nitrogens with one attached hydrogen (secondary N) is 1. The summed E-state index contributed by atoms with van der Waals surface area (Å²) in [5, 5.41) is 14.1. The molecule has 1 amide bonds. The van der Waals surface area contributed by atoms with E-state index in [9.17, 15) is 14.7 Å². The quantitative estimate of drug-likeness (QED) is 0.831. The zero-order valence-corrected chi connectivity index (χ0v) is 12.9. The van der Waals surface area contributed by atoms with Gasteiger partial charge in [-0.05, 0) is 25.0 Å². The molecule has 0 aromatic heterocycles. The summed E-state index contributed by atoms with van der Waals surface area (Å²) in [4.78, 5) is 23.9. The minimum Gasteiger partial charge on any atom is -0.550 e. The average molecular weight is 320 g/mol. The summed E-state index contributed by atoms with van der Waals surface area (Å²) in [6.07, 6.45) is 0.566. The Bertz CT molecular complexity index is 631. The number of methoxy groups -OCH3 is 2. The van der Waals surface area contributed by atoms with Crippen LogP contribution in [-0.4, -0.2) is 38.3 Å². The second-order valence-electron chi connectivity index (χ2n) is 5.72. The Morgan fingerprint density at radius 3 is 2.39 bits per heavy atom. The number of carboxylic acids is 1. The Hall–Kier alpha value is -2.28. The van der Waals surface area contributed by atoms with Crippen LogP contribution >= 0.6 is 0 Å². The lowest BCUT2D eigenvalue weighted by Gasteiger charge is -2.27. The standard InChI is InChI=1S/C16H19NO6/c1-21-9-4-3-8(7-12(9)22-2)17-15(18)13-10-5-6-11(23-10)14(13)16(19)20/h3-4,7,10-11,13-14H,5-6H2,1-2H3,(H,17,18)(H,19,20)/p-1/t10-,11+,13+,14-/m0/s1. The molecule has 0 saturated carbocycles. The molecule has 4 atom stereocenters. The molecule has 2 aliphatic rings. The van der Waals surface area contributed by atoms with Crippen molar-refractivity contribution >= 4 is 17.6 Å². The van der Waals surface area contributed by atoms with E-state index in [2.05, 4.69) is 5.32 Å². The van der Waals surface area contributed by atoms with Gasteiger partial charge in [0.25, 0.3) is 0 Å². The van der Waals surface area contributed by atoms with Crippen molar-refractivity contribution in [3.8, 4) is 11.5 Å². The largest absolute Gasteiger partial charge is 0.550 e. The number of carbonyl (C=O) groups is 2. The lowest BCUT2D eigenvalue weighted by atomic mass is 9.78. The van der Waals surface area contributed by atoms with Crippen LogP contribution in [0.5, 0.6) is 11.5 Å². The molecule has 1 N–H and O–H groups in total. The first-order valence-corrected chi connectivity index (χ1v) is 7.44. The van der Waals surface area contributed by atoms with Crippen LogP contribution in [0.25, 0.3) is 0 Å². The third-order valence-corrected chi connectivity index (χ3v) is 4.50. The number of rotatable bonds is 5. The minimum atomic E-state index is -1.23. The molecule has 2 fully saturated rings. The van der Waals surface area contributed by atoms with Gasteiger partial charge in [0, 0.05) is 23.6 Å². The van der Waals surface area contributed by atoms with Crippen LogP contribution in [-0.2, 0) is 14.3 Å². The van der Waals surface area contributed by atoms with Gasteiger partial charge in [-0.15, -0.1) is 0 Å². The Balaban J connectivity index is 1.78. The first-order valence-electron chi connectivity index (χ1n) is 7.44. The van der Waals surface area contributed by atoms with E-state index in [0.29, 0.717) is 30.0 Å².